The Morgan fingerprint density at radius 3 is 1.94 bits per heavy atom. The summed E-state index contributed by atoms with van der Waals surface area (Å²) in [5, 5.41) is 0. The van der Waals surface area contributed by atoms with Crippen molar-refractivity contribution in [1.82, 2.24) is 4.98 Å². The van der Waals surface area contributed by atoms with Crippen LogP contribution in [0, 0.1) is 5.92 Å². The molecule has 0 aliphatic heterocycles. The molecule has 1 nitrogen and oxygen atoms in total. The SMILES string of the molecule is CCCCCCCC[C@H]1CC[C@H](c2ccc(-c3ccc(CCCCCC)cc3)cn2)CC1. The molecule has 0 radical (unpaired) electrons. The number of nitrogens with zero attached hydrogens (tertiary/aromatic N) is 1. The lowest BCUT2D eigenvalue weighted by Gasteiger charge is -2.28. The summed E-state index contributed by atoms with van der Waals surface area (Å²) in [7, 11) is 0. The topological polar surface area (TPSA) is 12.9 Å². The molecule has 0 spiro atoms. The number of aromatic nitrogens is 1. The summed E-state index contributed by atoms with van der Waals surface area (Å²) in [4.78, 5) is 4.90. The minimum atomic E-state index is 0.676. The van der Waals surface area contributed by atoms with Crippen LogP contribution in [0.3, 0.4) is 0 Å². The third kappa shape index (κ3) is 8.38. The van der Waals surface area contributed by atoms with Gasteiger partial charge >= 0.3 is 0 Å². The first-order valence-electron chi connectivity index (χ1n) is 13.9. The molecule has 1 fully saturated rings. The Hall–Kier alpha value is -1.63. The van der Waals surface area contributed by atoms with Crippen LogP contribution in [0.2, 0.25) is 0 Å². The van der Waals surface area contributed by atoms with Crippen LogP contribution in [0.15, 0.2) is 42.6 Å². The van der Waals surface area contributed by atoms with Crippen molar-refractivity contribution in [3.63, 3.8) is 0 Å². The van der Waals surface area contributed by atoms with E-state index in [9.17, 15) is 0 Å². The van der Waals surface area contributed by atoms with E-state index < -0.39 is 0 Å². The maximum atomic E-state index is 4.90. The molecule has 3 rings (SSSR count). The summed E-state index contributed by atoms with van der Waals surface area (Å²) in [6.07, 6.45) is 24.1. The molecular formula is C31H47N. The maximum absolute atomic E-state index is 4.90. The number of pyridine rings is 1. The standard InChI is InChI=1S/C31H47N/c1-3-5-7-9-10-12-14-27-17-21-29(22-18-27)31-24-23-30(25-32-31)28-19-15-26(16-20-28)13-11-8-6-4-2/h15-16,19-20,23-25,27,29H,3-14,17-18,21-22H2,1-2H3/t27-,29-. The van der Waals surface area contributed by atoms with Gasteiger partial charge < -0.3 is 0 Å². The van der Waals surface area contributed by atoms with E-state index in [-0.39, 0.29) is 0 Å². The first kappa shape index (κ1) is 25.0. The highest BCUT2D eigenvalue weighted by atomic mass is 14.7. The third-order valence-corrected chi connectivity index (χ3v) is 7.62. The highest BCUT2D eigenvalue weighted by molar-refractivity contribution is 5.62. The third-order valence-electron chi connectivity index (χ3n) is 7.62. The Morgan fingerprint density at radius 2 is 1.28 bits per heavy atom. The fraction of sp³-hybridized carbons (Fsp3) is 0.645. The van der Waals surface area contributed by atoms with Crippen LogP contribution in [0.4, 0.5) is 0 Å². The molecule has 0 saturated heterocycles. The normalized spacial score (nSPS) is 18.7. The average Bonchev–Trinajstić information content (AvgIpc) is 2.85. The van der Waals surface area contributed by atoms with E-state index in [4.69, 9.17) is 4.98 Å². The van der Waals surface area contributed by atoms with E-state index in [1.807, 2.05) is 0 Å². The average molecular weight is 434 g/mol. The highest BCUT2D eigenvalue weighted by Crippen LogP contribution is 2.37. The second kappa shape index (κ2) is 14.5. The zero-order valence-corrected chi connectivity index (χ0v) is 21.0. The van der Waals surface area contributed by atoms with E-state index in [2.05, 4.69) is 56.4 Å². The van der Waals surface area contributed by atoms with Crippen LogP contribution in [-0.4, -0.2) is 4.98 Å². The van der Waals surface area contributed by atoms with Gasteiger partial charge in [0.25, 0.3) is 0 Å². The molecule has 1 aromatic carbocycles. The van der Waals surface area contributed by atoms with Crippen molar-refractivity contribution >= 4 is 0 Å². The van der Waals surface area contributed by atoms with E-state index >= 15 is 0 Å². The molecule has 0 bridgehead atoms. The number of rotatable bonds is 14. The Bertz CT molecular complexity index is 722. The Balaban J connectivity index is 1.40. The van der Waals surface area contributed by atoms with E-state index in [0.717, 1.165) is 5.92 Å². The Kier molecular flexibility index (Phi) is 11.3. The van der Waals surface area contributed by atoms with Gasteiger partial charge in [0.2, 0.25) is 0 Å². The summed E-state index contributed by atoms with van der Waals surface area (Å²) < 4.78 is 0. The Labute approximate surface area is 198 Å². The molecule has 1 heteroatoms. The second-order valence-corrected chi connectivity index (χ2v) is 10.3. The lowest BCUT2D eigenvalue weighted by Crippen LogP contribution is -2.14. The monoisotopic (exact) mass is 433 g/mol. The molecule has 1 aliphatic carbocycles. The quantitative estimate of drug-likeness (QED) is 0.270. The van der Waals surface area contributed by atoms with Gasteiger partial charge in [-0.1, -0.05) is 108 Å². The lowest BCUT2D eigenvalue weighted by molar-refractivity contribution is 0.299. The largest absolute Gasteiger partial charge is 0.260 e. The van der Waals surface area contributed by atoms with Crippen molar-refractivity contribution in [3.05, 3.63) is 53.9 Å². The summed E-state index contributed by atoms with van der Waals surface area (Å²) in [6.45, 7) is 4.57. The predicted octanol–water partition coefficient (Wildman–Crippen LogP) is 9.90. The van der Waals surface area contributed by atoms with E-state index in [1.165, 1.54) is 125 Å². The molecule has 176 valence electrons. The van der Waals surface area contributed by atoms with Gasteiger partial charge in [-0.25, -0.2) is 0 Å². The van der Waals surface area contributed by atoms with Gasteiger partial charge in [-0.2, -0.15) is 0 Å². The highest BCUT2D eigenvalue weighted by Gasteiger charge is 2.22. The molecule has 32 heavy (non-hydrogen) atoms. The smallest absolute Gasteiger partial charge is 0.0434 e. The molecule has 0 unspecified atom stereocenters. The first-order valence-corrected chi connectivity index (χ1v) is 13.9. The lowest BCUT2D eigenvalue weighted by atomic mass is 9.78. The van der Waals surface area contributed by atoms with Crippen molar-refractivity contribution < 1.29 is 0 Å². The van der Waals surface area contributed by atoms with Gasteiger partial charge in [0, 0.05) is 23.4 Å². The van der Waals surface area contributed by atoms with Crippen LogP contribution < -0.4 is 0 Å². The Morgan fingerprint density at radius 1 is 0.656 bits per heavy atom. The molecule has 1 aliphatic rings. The molecule has 0 atom stereocenters. The first-order chi connectivity index (χ1) is 15.8. The molecular weight excluding hydrogens is 386 g/mol. The van der Waals surface area contributed by atoms with Crippen molar-refractivity contribution in [2.24, 2.45) is 5.92 Å². The fourth-order valence-electron chi connectivity index (χ4n) is 5.40. The van der Waals surface area contributed by atoms with Gasteiger partial charge in [-0.15, -0.1) is 0 Å². The maximum Gasteiger partial charge on any atom is 0.0434 e. The van der Waals surface area contributed by atoms with Gasteiger partial charge in [0.05, 0.1) is 0 Å². The van der Waals surface area contributed by atoms with Crippen LogP contribution >= 0.6 is 0 Å². The number of hydrogen-bond donors (Lipinski definition) is 0. The molecule has 2 aromatic rings. The number of benzene rings is 1. The van der Waals surface area contributed by atoms with Gasteiger partial charge in [-0.05, 0) is 61.6 Å². The zero-order valence-electron chi connectivity index (χ0n) is 21.0. The zero-order chi connectivity index (χ0) is 22.4. The molecule has 1 aromatic heterocycles. The van der Waals surface area contributed by atoms with Gasteiger partial charge in [0.1, 0.15) is 0 Å². The summed E-state index contributed by atoms with van der Waals surface area (Å²) in [5.74, 6) is 1.65. The van der Waals surface area contributed by atoms with Crippen LogP contribution in [0.5, 0.6) is 0 Å². The van der Waals surface area contributed by atoms with Crippen molar-refractivity contribution in [1.29, 1.82) is 0 Å². The molecule has 0 amide bonds. The minimum Gasteiger partial charge on any atom is -0.260 e. The van der Waals surface area contributed by atoms with Gasteiger partial charge in [-0.3, -0.25) is 4.98 Å². The predicted molar refractivity (Wildman–Crippen MR) is 140 cm³/mol. The minimum absolute atomic E-state index is 0.676. The number of aryl methyl sites for hydroxylation is 1. The van der Waals surface area contributed by atoms with Crippen LogP contribution in [-0.2, 0) is 6.42 Å². The van der Waals surface area contributed by atoms with Gasteiger partial charge in [0.15, 0.2) is 0 Å². The van der Waals surface area contributed by atoms with Crippen LogP contribution in [0.25, 0.3) is 11.1 Å². The second-order valence-electron chi connectivity index (χ2n) is 10.3. The summed E-state index contributed by atoms with van der Waals surface area (Å²) in [6, 6.07) is 13.8. The fourth-order valence-corrected chi connectivity index (χ4v) is 5.40. The summed E-state index contributed by atoms with van der Waals surface area (Å²) in [5.41, 5.74) is 5.33. The molecule has 0 N–H and O–H groups in total. The van der Waals surface area contributed by atoms with Crippen molar-refractivity contribution in [2.75, 3.05) is 0 Å². The van der Waals surface area contributed by atoms with Crippen molar-refractivity contribution in [3.8, 4) is 11.1 Å². The van der Waals surface area contributed by atoms with Crippen molar-refractivity contribution in [2.45, 2.75) is 122 Å². The number of unbranched alkanes of at least 4 members (excludes halogenated alkanes) is 8. The van der Waals surface area contributed by atoms with Crippen LogP contribution in [0.1, 0.15) is 127 Å². The molecule has 1 saturated carbocycles. The van der Waals surface area contributed by atoms with E-state index in [0.29, 0.717) is 5.92 Å². The van der Waals surface area contributed by atoms with E-state index in [1.54, 1.807) is 0 Å². The summed E-state index contributed by atoms with van der Waals surface area (Å²) >= 11 is 0. The molecule has 1 heterocycles. The number of hydrogen-bond acceptors (Lipinski definition) is 1.